The Bertz CT molecular complexity index is 189. The monoisotopic (exact) mass is 200 g/mol. The Labute approximate surface area is 85.2 Å². The van der Waals surface area contributed by atoms with E-state index in [1.54, 1.807) is 0 Å². The van der Waals surface area contributed by atoms with Crippen molar-refractivity contribution >= 4 is 5.91 Å². The molecule has 0 aromatic heterocycles. The largest absolute Gasteiger partial charge is 0.381 e. The lowest BCUT2D eigenvalue weighted by Crippen LogP contribution is -2.42. The summed E-state index contributed by atoms with van der Waals surface area (Å²) >= 11 is 0. The van der Waals surface area contributed by atoms with Crippen LogP contribution < -0.4 is 11.1 Å². The highest BCUT2D eigenvalue weighted by atomic mass is 16.5. The fraction of sp³-hybridized carbons (Fsp3) is 0.900. The number of rotatable bonds is 4. The maximum absolute atomic E-state index is 11.5. The summed E-state index contributed by atoms with van der Waals surface area (Å²) in [5.41, 5.74) is 5.82. The van der Waals surface area contributed by atoms with Crippen LogP contribution in [0.15, 0.2) is 0 Å². The van der Waals surface area contributed by atoms with E-state index in [4.69, 9.17) is 10.5 Å². The maximum atomic E-state index is 11.5. The highest BCUT2D eigenvalue weighted by Crippen LogP contribution is 2.11. The van der Waals surface area contributed by atoms with Gasteiger partial charge in [-0.15, -0.1) is 0 Å². The predicted octanol–water partition coefficient (Wildman–Crippen LogP) is 0.122. The van der Waals surface area contributed by atoms with Gasteiger partial charge in [-0.2, -0.15) is 0 Å². The molecule has 0 aromatic carbocycles. The molecule has 1 aliphatic heterocycles. The highest BCUT2D eigenvalue weighted by Gasteiger charge is 2.23. The number of nitrogens with two attached hydrogens (primary N) is 1. The van der Waals surface area contributed by atoms with Crippen molar-refractivity contribution in [2.75, 3.05) is 19.8 Å². The number of carbonyl (C=O) groups is 1. The van der Waals surface area contributed by atoms with Crippen molar-refractivity contribution in [1.29, 1.82) is 0 Å². The van der Waals surface area contributed by atoms with Crippen molar-refractivity contribution in [2.24, 2.45) is 17.6 Å². The minimum atomic E-state index is 0.0364. The molecule has 0 aromatic rings. The second-order valence-corrected chi connectivity index (χ2v) is 4.21. The van der Waals surface area contributed by atoms with Crippen molar-refractivity contribution in [3.63, 3.8) is 0 Å². The summed E-state index contributed by atoms with van der Waals surface area (Å²) in [5.74, 6) is 0.517. The van der Waals surface area contributed by atoms with E-state index in [2.05, 4.69) is 19.2 Å². The first-order valence-corrected chi connectivity index (χ1v) is 5.22. The molecule has 0 aliphatic carbocycles. The molecule has 14 heavy (non-hydrogen) atoms. The van der Waals surface area contributed by atoms with Crippen LogP contribution in [0.1, 0.15) is 20.3 Å². The predicted molar refractivity (Wildman–Crippen MR) is 54.7 cm³/mol. The summed E-state index contributed by atoms with van der Waals surface area (Å²) in [5, 5.41) is 2.86. The molecule has 0 saturated carbocycles. The van der Waals surface area contributed by atoms with Crippen LogP contribution in [0.25, 0.3) is 0 Å². The summed E-state index contributed by atoms with van der Waals surface area (Å²) in [4.78, 5) is 11.5. The SMILES string of the molecule is CC(C)C(N)CNC(=O)C1CCOC1. The molecule has 0 radical (unpaired) electrons. The van der Waals surface area contributed by atoms with E-state index in [1.807, 2.05) is 0 Å². The van der Waals surface area contributed by atoms with Crippen LogP contribution >= 0.6 is 0 Å². The second kappa shape index (κ2) is 5.32. The van der Waals surface area contributed by atoms with E-state index >= 15 is 0 Å². The number of hydrogen-bond donors (Lipinski definition) is 2. The van der Waals surface area contributed by atoms with Crippen molar-refractivity contribution in [1.82, 2.24) is 5.32 Å². The normalized spacial score (nSPS) is 23.9. The van der Waals surface area contributed by atoms with E-state index in [-0.39, 0.29) is 17.9 Å². The fourth-order valence-corrected chi connectivity index (χ4v) is 1.34. The molecule has 4 nitrogen and oxygen atoms in total. The molecule has 1 heterocycles. The van der Waals surface area contributed by atoms with Gasteiger partial charge >= 0.3 is 0 Å². The standard InChI is InChI=1S/C10H20N2O2/c1-7(2)9(11)5-12-10(13)8-3-4-14-6-8/h7-9H,3-6,11H2,1-2H3,(H,12,13). The number of nitrogens with one attached hydrogen (secondary N) is 1. The molecule has 2 unspecified atom stereocenters. The van der Waals surface area contributed by atoms with Crippen LogP contribution in [0.3, 0.4) is 0 Å². The van der Waals surface area contributed by atoms with Gasteiger partial charge in [0.1, 0.15) is 0 Å². The lowest BCUT2D eigenvalue weighted by molar-refractivity contribution is -0.125. The number of ether oxygens (including phenoxy) is 1. The summed E-state index contributed by atoms with van der Waals surface area (Å²) in [6, 6.07) is 0.0428. The summed E-state index contributed by atoms with van der Waals surface area (Å²) in [7, 11) is 0. The lowest BCUT2D eigenvalue weighted by atomic mass is 10.0. The third-order valence-corrected chi connectivity index (χ3v) is 2.67. The number of amides is 1. The molecule has 0 spiro atoms. The third kappa shape index (κ3) is 3.27. The highest BCUT2D eigenvalue weighted by molar-refractivity contribution is 5.79. The minimum Gasteiger partial charge on any atom is -0.381 e. The first kappa shape index (κ1) is 11.5. The quantitative estimate of drug-likeness (QED) is 0.677. The van der Waals surface area contributed by atoms with Gasteiger partial charge in [-0.25, -0.2) is 0 Å². The lowest BCUT2D eigenvalue weighted by Gasteiger charge is -2.17. The molecule has 4 heteroatoms. The summed E-state index contributed by atoms with van der Waals surface area (Å²) < 4.78 is 5.14. The molecule has 1 rings (SSSR count). The van der Waals surface area contributed by atoms with E-state index in [9.17, 15) is 4.79 Å². The van der Waals surface area contributed by atoms with Gasteiger partial charge in [0.05, 0.1) is 12.5 Å². The molecule has 2 atom stereocenters. The van der Waals surface area contributed by atoms with Crippen LogP contribution in [-0.4, -0.2) is 31.7 Å². The molecule has 1 amide bonds. The Morgan fingerprint density at radius 3 is 2.86 bits per heavy atom. The van der Waals surface area contributed by atoms with Crippen LogP contribution in [-0.2, 0) is 9.53 Å². The Morgan fingerprint density at radius 2 is 2.36 bits per heavy atom. The van der Waals surface area contributed by atoms with Crippen LogP contribution in [0.5, 0.6) is 0 Å². The molecule has 0 bridgehead atoms. The number of hydrogen-bond acceptors (Lipinski definition) is 3. The smallest absolute Gasteiger partial charge is 0.225 e. The van der Waals surface area contributed by atoms with Gasteiger partial charge in [0, 0.05) is 19.2 Å². The topological polar surface area (TPSA) is 64.3 Å². The Morgan fingerprint density at radius 1 is 1.64 bits per heavy atom. The van der Waals surface area contributed by atoms with Crippen molar-refractivity contribution in [2.45, 2.75) is 26.3 Å². The first-order chi connectivity index (χ1) is 6.61. The van der Waals surface area contributed by atoms with Crippen LogP contribution in [0.2, 0.25) is 0 Å². The Balaban J connectivity index is 2.20. The Kier molecular flexibility index (Phi) is 4.35. The van der Waals surface area contributed by atoms with Gasteiger partial charge in [-0.05, 0) is 12.3 Å². The van der Waals surface area contributed by atoms with Crippen molar-refractivity contribution < 1.29 is 9.53 Å². The van der Waals surface area contributed by atoms with Gasteiger partial charge in [0.15, 0.2) is 0 Å². The van der Waals surface area contributed by atoms with Gasteiger partial charge in [-0.3, -0.25) is 4.79 Å². The maximum Gasteiger partial charge on any atom is 0.225 e. The first-order valence-electron chi connectivity index (χ1n) is 5.22. The van der Waals surface area contributed by atoms with Gasteiger partial charge < -0.3 is 15.8 Å². The molecule has 82 valence electrons. The second-order valence-electron chi connectivity index (χ2n) is 4.21. The van der Waals surface area contributed by atoms with E-state index in [0.717, 1.165) is 6.42 Å². The zero-order valence-corrected chi connectivity index (χ0v) is 8.95. The zero-order chi connectivity index (χ0) is 10.6. The Hall–Kier alpha value is -0.610. The van der Waals surface area contributed by atoms with Crippen molar-refractivity contribution in [3.05, 3.63) is 0 Å². The van der Waals surface area contributed by atoms with Gasteiger partial charge in [-0.1, -0.05) is 13.8 Å². The van der Waals surface area contributed by atoms with Gasteiger partial charge in [0.2, 0.25) is 5.91 Å². The van der Waals surface area contributed by atoms with Crippen LogP contribution in [0.4, 0.5) is 0 Å². The van der Waals surface area contributed by atoms with E-state index < -0.39 is 0 Å². The fourth-order valence-electron chi connectivity index (χ4n) is 1.34. The molecular weight excluding hydrogens is 180 g/mol. The average Bonchev–Trinajstić information content (AvgIpc) is 2.66. The summed E-state index contributed by atoms with van der Waals surface area (Å²) in [6.07, 6.45) is 0.836. The zero-order valence-electron chi connectivity index (χ0n) is 8.95. The molecule has 3 N–H and O–H groups in total. The summed E-state index contributed by atoms with van der Waals surface area (Å²) in [6.45, 7) is 5.93. The minimum absolute atomic E-state index is 0.0364. The molecule has 1 aliphatic rings. The third-order valence-electron chi connectivity index (χ3n) is 2.67. The van der Waals surface area contributed by atoms with Crippen LogP contribution in [0, 0.1) is 11.8 Å². The molecule has 1 saturated heterocycles. The molecule has 1 fully saturated rings. The number of carbonyl (C=O) groups excluding carboxylic acids is 1. The van der Waals surface area contributed by atoms with E-state index in [1.165, 1.54) is 0 Å². The average molecular weight is 200 g/mol. The van der Waals surface area contributed by atoms with Crippen molar-refractivity contribution in [3.8, 4) is 0 Å². The van der Waals surface area contributed by atoms with E-state index in [0.29, 0.717) is 25.7 Å². The van der Waals surface area contributed by atoms with Gasteiger partial charge in [0.25, 0.3) is 0 Å². The molecular formula is C10H20N2O2.